The Morgan fingerprint density at radius 2 is 1.92 bits per heavy atom. The number of nitrogens with zero attached hydrogens (tertiary/aromatic N) is 4. The van der Waals surface area contributed by atoms with Crippen LogP contribution in [0.4, 0.5) is 0 Å². The number of hydrogen-bond donors (Lipinski definition) is 0. The van der Waals surface area contributed by atoms with Crippen LogP contribution in [-0.4, -0.2) is 19.2 Å². The lowest BCUT2D eigenvalue weighted by Gasteiger charge is -2.11. The van der Waals surface area contributed by atoms with E-state index < -0.39 is 0 Å². The van der Waals surface area contributed by atoms with Crippen LogP contribution in [0.2, 0.25) is 0 Å². The number of rotatable bonds is 2. The molecule has 5 rings (SSSR count). The van der Waals surface area contributed by atoms with Crippen molar-refractivity contribution < 1.29 is 0 Å². The van der Waals surface area contributed by atoms with E-state index in [1.165, 1.54) is 16.9 Å². The van der Waals surface area contributed by atoms with E-state index in [0.717, 1.165) is 47.4 Å². The van der Waals surface area contributed by atoms with E-state index in [4.69, 9.17) is 0 Å². The molecule has 1 aliphatic rings. The third-order valence-corrected chi connectivity index (χ3v) is 6.29. The molecule has 1 aliphatic carbocycles. The van der Waals surface area contributed by atoms with Crippen molar-refractivity contribution in [3.63, 3.8) is 0 Å². The molecule has 0 unspecified atom stereocenters. The van der Waals surface area contributed by atoms with Crippen LogP contribution in [0, 0.1) is 0 Å². The first kappa shape index (κ1) is 14.8. The smallest absolute Gasteiger partial charge is 0.268 e. The molecule has 0 aliphatic heterocycles. The van der Waals surface area contributed by atoms with Crippen molar-refractivity contribution in [2.24, 2.45) is 0 Å². The predicted molar refractivity (Wildman–Crippen MR) is 100.0 cm³/mol. The van der Waals surface area contributed by atoms with E-state index >= 15 is 0 Å². The number of benzene rings is 1. The zero-order valence-electron chi connectivity index (χ0n) is 14.0. The van der Waals surface area contributed by atoms with E-state index in [2.05, 4.69) is 21.5 Å². The Morgan fingerprint density at radius 3 is 2.72 bits per heavy atom. The molecule has 5 nitrogen and oxygen atoms in total. The largest absolute Gasteiger partial charge is 0.268 e. The van der Waals surface area contributed by atoms with E-state index in [-0.39, 0.29) is 5.56 Å². The average Bonchev–Trinajstić information content (AvgIpc) is 3.24. The first-order valence-electron chi connectivity index (χ1n) is 8.78. The third-order valence-electron chi connectivity index (χ3n) is 5.02. The van der Waals surface area contributed by atoms with E-state index in [0.29, 0.717) is 5.78 Å². The fraction of sp³-hybridized carbons (Fsp3) is 0.316. The zero-order chi connectivity index (χ0) is 17.0. The molecule has 3 aromatic heterocycles. The molecule has 0 N–H and O–H groups in total. The topological polar surface area (TPSA) is 52.2 Å². The molecule has 0 spiro atoms. The second-order valence-corrected chi connectivity index (χ2v) is 7.56. The van der Waals surface area contributed by atoms with Gasteiger partial charge in [-0.2, -0.15) is 0 Å². The molecule has 1 aromatic carbocycles. The van der Waals surface area contributed by atoms with Crippen molar-refractivity contribution in [1.29, 1.82) is 0 Å². The van der Waals surface area contributed by atoms with Crippen LogP contribution in [0.3, 0.4) is 0 Å². The van der Waals surface area contributed by atoms with Gasteiger partial charge in [-0.25, -0.2) is 4.57 Å². The van der Waals surface area contributed by atoms with Gasteiger partial charge in [0.15, 0.2) is 0 Å². The van der Waals surface area contributed by atoms with Crippen LogP contribution >= 0.6 is 11.3 Å². The highest BCUT2D eigenvalue weighted by Crippen LogP contribution is 2.35. The third kappa shape index (κ3) is 2.03. The molecule has 0 saturated carbocycles. The summed E-state index contributed by atoms with van der Waals surface area (Å²) in [5.41, 5.74) is 2.12. The highest BCUT2D eigenvalue weighted by molar-refractivity contribution is 7.18. The highest BCUT2D eigenvalue weighted by atomic mass is 32.1. The molecule has 0 bridgehead atoms. The van der Waals surface area contributed by atoms with E-state index in [9.17, 15) is 4.79 Å². The standard InChI is InChI=1S/C19H18N4OS/c1-2-15-20-21-19-22(12-8-4-3-5-9-12)17(24)16-13-10-6-7-11-14(13)25-18(16)23(15)19/h3-5,8-9H,2,6-7,10-11H2,1H3. The summed E-state index contributed by atoms with van der Waals surface area (Å²) in [5, 5.41) is 9.59. The molecule has 4 aromatic rings. The lowest BCUT2D eigenvalue weighted by molar-refractivity contribution is 0.699. The fourth-order valence-electron chi connectivity index (χ4n) is 3.83. The molecular weight excluding hydrogens is 332 g/mol. The van der Waals surface area contributed by atoms with Gasteiger partial charge in [0.25, 0.3) is 5.56 Å². The van der Waals surface area contributed by atoms with Crippen LogP contribution < -0.4 is 5.56 Å². The van der Waals surface area contributed by atoms with E-state index in [1.807, 2.05) is 30.3 Å². The molecule has 3 heterocycles. The SMILES string of the molecule is CCc1nnc2n(-c3ccccc3)c(=O)c3c4c(sc3n12)CCCC4. The molecular formula is C19H18N4OS. The van der Waals surface area contributed by atoms with Crippen molar-refractivity contribution in [2.75, 3.05) is 0 Å². The van der Waals surface area contributed by atoms with Gasteiger partial charge in [0.1, 0.15) is 10.7 Å². The second-order valence-electron chi connectivity index (χ2n) is 6.47. The summed E-state index contributed by atoms with van der Waals surface area (Å²) >= 11 is 1.75. The Balaban J connectivity index is 2.01. The van der Waals surface area contributed by atoms with Gasteiger partial charge in [-0.15, -0.1) is 21.5 Å². The Morgan fingerprint density at radius 1 is 1.12 bits per heavy atom. The second kappa shape index (κ2) is 5.52. The number of fused-ring (bicyclic) bond motifs is 5. The van der Waals surface area contributed by atoms with Crippen molar-refractivity contribution >= 4 is 27.3 Å². The van der Waals surface area contributed by atoms with Gasteiger partial charge in [0, 0.05) is 11.3 Å². The molecule has 0 atom stereocenters. The minimum atomic E-state index is 0.0307. The van der Waals surface area contributed by atoms with Gasteiger partial charge in [-0.3, -0.25) is 9.20 Å². The van der Waals surface area contributed by atoms with Crippen molar-refractivity contribution in [2.45, 2.75) is 39.0 Å². The van der Waals surface area contributed by atoms with Gasteiger partial charge in [0.05, 0.1) is 11.1 Å². The summed E-state index contributed by atoms with van der Waals surface area (Å²) in [4.78, 5) is 15.8. The maximum atomic E-state index is 13.5. The molecule has 0 saturated heterocycles. The molecule has 25 heavy (non-hydrogen) atoms. The Hall–Kier alpha value is -2.47. The normalized spacial score (nSPS) is 14.3. The lowest BCUT2D eigenvalue weighted by atomic mass is 9.97. The van der Waals surface area contributed by atoms with Crippen LogP contribution in [0.25, 0.3) is 21.7 Å². The van der Waals surface area contributed by atoms with Crippen LogP contribution in [0.1, 0.15) is 36.0 Å². The van der Waals surface area contributed by atoms with Crippen molar-refractivity contribution in [3.05, 3.63) is 57.0 Å². The van der Waals surface area contributed by atoms with Gasteiger partial charge in [-0.1, -0.05) is 25.1 Å². The summed E-state index contributed by atoms with van der Waals surface area (Å²) in [6.45, 7) is 2.08. The van der Waals surface area contributed by atoms with Crippen LogP contribution in [0.5, 0.6) is 0 Å². The fourth-order valence-corrected chi connectivity index (χ4v) is 5.23. The maximum Gasteiger partial charge on any atom is 0.268 e. The Labute approximate surface area is 148 Å². The summed E-state index contributed by atoms with van der Waals surface area (Å²) in [6.07, 6.45) is 5.22. The molecule has 0 amide bonds. The lowest BCUT2D eigenvalue weighted by Crippen LogP contribution is -2.22. The molecule has 6 heteroatoms. The van der Waals surface area contributed by atoms with Crippen molar-refractivity contribution in [1.82, 2.24) is 19.2 Å². The zero-order valence-corrected chi connectivity index (χ0v) is 14.8. The Bertz CT molecular complexity index is 1150. The first-order chi connectivity index (χ1) is 12.3. The molecule has 0 radical (unpaired) electrons. The summed E-state index contributed by atoms with van der Waals surface area (Å²) < 4.78 is 3.81. The number of thiophene rings is 1. The monoisotopic (exact) mass is 350 g/mol. The summed E-state index contributed by atoms with van der Waals surface area (Å²) in [6, 6.07) is 9.75. The Kier molecular flexibility index (Phi) is 3.28. The van der Waals surface area contributed by atoms with Gasteiger partial charge in [0.2, 0.25) is 5.78 Å². The summed E-state index contributed by atoms with van der Waals surface area (Å²) in [5.74, 6) is 1.52. The van der Waals surface area contributed by atoms with Crippen LogP contribution in [0.15, 0.2) is 35.1 Å². The van der Waals surface area contributed by atoms with Crippen LogP contribution in [-0.2, 0) is 19.3 Å². The average molecular weight is 350 g/mol. The maximum absolute atomic E-state index is 13.5. The number of para-hydroxylation sites is 1. The van der Waals surface area contributed by atoms with Gasteiger partial charge >= 0.3 is 0 Å². The van der Waals surface area contributed by atoms with Gasteiger partial charge in [-0.05, 0) is 43.4 Å². The van der Waals surface area contributed by atoms with Crippen molar-refractivity contribution in [3.8, 4) is 5.69 Å². The molecule has 0 fully saturated rings. The minimum Gasteiger partial charge on any atom is -0.268 e. The minimum absolute atomic E-state index is 0.0307. The first-order valence-corrected chi connectivity index (χ1v) is 9.60. The highest BCUT2D eigenvalue weighted by Gasteiger charge is 2.24. The van der Waals surface area contributed by atoms with Gasteiger partial charge < -0.3 is 0 Å². The number of hydrogen-bond acceptors (Lipinski definition) is 4. The number of aromatic nitrogens is 4. The number of aryl methyl sites for hydroxylation is 3. The molecule has 126 valence electrons. The van der Waals surface area contributed by atoms with E-state index in [1.54, 1.807) is 15.9 Å². The summed E-state index contributed by atoms with van der Waals surface area (Å²) in [7, 11) is 0. The quantitative estimate of drug-likeness (QED) is 0.556. The predicted octanol–water partition coefficient (Wildman–Crippen LogP) is 3.54.